The lowest BCUT2D eigenvalue weighted by Gasteiger charge is -2.10. The topological polar surface area (TPSA) is 44.0 Å². The van der Waals surface area contributed by atoms with Crippen LogP contribution in [0.5, 0.6) is 0 Å². The molecule has 1 heterocycles. The average molecular weight is 338 g/mol. The summed E-state index contributed by atoms with van der Waals surface area (Å²) in [6.07, 6.45) is -4.48. The first-order valence-corrected chi connectivity index (χ1v) is 6.86. The highest BCUT2D eigenvalue weighted by molar-refractivity contribution is 5.77. The van der Waals surface area contributed by atoms with Crippen molar-refractivity contribution in [3.8, 4) is 0 Å². The van der Waals surface area contributed by atoms with Crippen molar-refractivity contribution >= 4 is 10.9 Å². The van der Waals surface area contributed by atoms with Gasteiger partial charge >= 0.3 is 11.9 Å². The van der Waals surface area contributed by atoms with E-state index in [1.165, 1.54) is 24.3 Å². The van der Waals surface area contributed by atoms with Crippen LogP contribution in [0, 0.1) is 0 Å². The second kappa shape index (κ2) is 5.63. The molecule has 0 atom stereocenters. The molecular formula is C16H10F4N2O2. The maximum Gasteiger partial charge on any atom is 0.416 e. The lowest BCUT2D eigenvalue weighted by atomic mass is 10.1. The van der Waals surface area contributed by atoms with Gasteiger partial charge in [-0.05, 0) is 29.8 Å². The highest BCUT2D eigenvalue weighted by Crippen LogP contribution is 2.29. The number of hydrogen-bond donors (Lipinski definition) is 0. The van der Waals surface area contributed by atoms with Gasteiger partial charge < -0.3 is 0 Å². The average Bonchev–Trinajstić information content (AvgIpc) is 2.56. The number of hydrogen-bond acceptors (Lipinski definition) is 2. The predicted octanol–water partition coefficient (Wildman–Crippen LogP) is 2.96. The Balaban J connectivity index is 2.08. The third-order valence-corrected chi connectivity index (χ3v) is 3.61. The molecule has 0 fully saturated rings. The quantitative estimate of drug-likeness (QED) is 0.675. The number of fused-ring (bicyclic) bond motifs is 1. The molecule has 0 aliphatic carbocycles. The second-order valence-electron chi connectivity index (χ2n) is 5.17. The molecule has 0 saturated heterocycles. The van der Waals surface area contributed by atoms with E-state index >= 15 is 0 Å². The Labute approximate surface area is 132 Å². The van der Waals surface area contributed by atoms with Gasteiger partial charge in [-0.15, -0.1) is 4.79 Å². The fraction of sp³-hybridized carbons (Fsp3) is 0.125. The van der Waals surface area contributed by atoms with Gasteiger partial charge in [0.25, 0.3) is 5.56 Å². The summed E-state index contributed by atoms with van der Waals surface area (Å²) in [6, 6.07) is 9.65. The monoisotopic (exact) mass is 338 g/mol. The summed E-state index contributed by atoms with van der Waals surface area (Å²) in [4.78, 5) is 24.2. The van der Waals surface area contributed by atoms with E-state index in [4.69, 9.17) is 0 Å². The fourth-order valence-electron chi connectivity index (χ4n) is 2.39. The van der Waals surface area contributed by atoms with Crippen molar-refractivity contribution in [2.75, 3.05) is 0 Å². The van der Waals surface area contributed by atoms with E-state index in [9.17, 15) is 27.2 Å². The molecule has 1 aromatic heterocycles. The highest BCUT2D eigenvalue weighted by atomic mass is 19.4. The van der Waals surface area contributed by atoms with Gasteiger partial charge in [-0.2, -0.15) is 13.2 Å². The minimum atomic E-state index is -4.48. The van der Waals surface area contributed by atoms with E-state index in [-0.39, 0.29) is 27.8 Å². The van der Waals surface area contributed by atoms with Crippen LogP contribution in [0.25, 0.3) is 10.9 Å². The van der Waals surface area contributed by atoms with Crippen molar-refractivity contribution in [2.24, 2.45) is 0 Å². The number of aromatic nitrogens is 2. The molecule has 0 aliphatic heterocycles. The van der Waals surface area contributed by atoms with Crippen LogP contribution < -0.4 is 11.2 Å². The highest BCUT2D eigenvalue weighted by Gasteiger charge is 2.29. The van der Waals surface area contributed by atoms with E-state index < -0.39 is 23.0 Å². The summed E-state index contributed by atoms with van der Waals surface area (Å²) in [5.74, 6) is 0. The summed E-state index contributed by atoms with van der Waals surface area (Å²) >= 11 is 0. The predicted molar refractivity (Wildman–Crippen MR) is 79.5 cm³/mol. The van der Waals surface area contributed by atoms with Crippen molar-refractivity contribution in [3.05, 3.63) is 80.5 Å². The molecule has 3 rings (SSSR count). The number of halogens is 4. The fourth-order valence-corrected chi connectivity index (χ4v) is 2.39. The molecule has 0 aliphatic rings. The Morgan fingerprint density at radius 2 is 1.54 bits per heavy atom. The summed E-state index contributed by atoms with van der Waals surface area (Å²) in [5, 5.41) is 0.00603. The molecule has 0 saturated carbocycles. The van der Waals surface area contributed by atoms with Gasteiger partial charge in [0.15, 0.2) is 0 Å². The Morgan fingerprint density at radius 1 is 0.917 bits per heavy atom. The van der Waals surface area contributed by atoms with Crippen LogP contribution in [-0.4, -0.2) is 9.36 Å². The van der Waals surface area contributed by atoms with Crippen LogP contribution in [0.15, 0.2) is 58.1 Å². The summed E-state index contributed by atoms with van der Waals surface area (Å²) < 4.78 is 52.3. The molecule has 0 radical (unpaired) electrons. The molecule has 124 valence electrons. The number of para-hydroxylation sites is 1. The first-order chi connectivity index (χ1) is 11.3. The molecule has 3 aromatic rings. The second-order valence-corrected chi connectivity index (χ2v) is 5.17. The zero-order valence-electron chi connectivity index (χ0n) is 12.0. The van der Waals surface area contributed by atoms with Gasteiger partial charge in [-0.3, -0.25) is 9.36 Å². The standard InChI is InChI=1S/C16H10F4N2O2/c17-16(18,19)11-7-5-10(6-8-11)9-21-14(23)12-3-1-2-4-13(12)22(20)15(21)24/h1-8H,9H2. The van der Waals surface area contributed by atoms with Crippen molar-refractivity contribution in [1.29, 1.82) is 0 Å². The summed E-state index contributed by atoms with van der Waals surface area (Å²) in [5.41, 5.74) is -2.61. The minimum absolute atomic E-state index is 0.00603. The van der Waals surface area contributed by atoms with Crippen LogP contribution in [0.1, 0.15) is 11.1 Å². The zero-order valence-corrected chi connectivity index (χ0v) is 12.0. The van der Waals surface area contributed by atoms with E-state index in [0.717, 1.165) is 24.3 Å². The zero-order chi connectivity index (χ0) is 17.5. The van der Waals surface area contributed by atoms with Gasteiger partial charge in [0, 0.05) is 0 Å². The first-order valence-electron chi connectivity index (χ1n) is 6.86. The van der Waals surface area contributed by atoms with E-state index in [1.807, 2.05) is 0 Å². The Hall–Kier alpha value is -2.90. The van der Waals surface area contributed by atoms with Gasteiger partial charge in [-0.1, -0.05) is 28.7 Å². The lowest BCUT2D eigenvalue weighted by molar-refractivity contribution is -0.137. The Bertz CT molecular complexity index is 1020. The van der Waals surface area contributed by atoms with Crippen molar-refractivity contribution in [1.82, 2.24) is 9.36 Å². The Morgan fingerprint density at radius 3 is 2.17 bits per heavy atom. The van der Waals surface area contributed by atoms with Gasteiger partial charge in [0.1, 0.15) is 0 Å². The SMILES string of the molecule is O=c1c2ccccc2n(F)c(=O)n1Cc1ccc(C(F)(F)F)cc1. The van der Waals surface area contributed by atoms with Crippen molar-refractivity contribution < 1.29 is 17.7 Å². The molecule has 0 N–H and O–H groups in total. The molecule has 24 heavy (non-hydrogen) atoms. The van der Waals surface area contributed by atoms with Crippen LogP contribution in [0.4, 0.5) is 17.7 Å². The normalized spacial score (nSPS) is 11.8. The minimum Gasteiger partial charge on any atom is -0.268 e. The molecule has 8 heteroatoms. The molecule has 2 aromatic carbocycles. The molecule has 0 unspecified atom stereocenters. The molecular weight excluding hydrogens is 328 g/mol. The van der Waals surface area contributed by atoms with Crippen LogP contribution in [0.3, 0.4) is 0 Å². The largest absolute Gasteiger partial charge is 0.416 e. The number of alkyl halides is 3. The number of nitrogens with zero attached hydrogens (tertiary/aromatic N) is 2. The molecule has 0 spiro atoms. The third kappa shape index (κ3) is 2.70. The molecule has 0 amide bonds. The molecule has 0 bridgehead atoms. The van der Waals surface area contributed by atoms with Crippen molar-refractivity contribution in [3.63, 3.8) is 0 Å². The van der Waals surface area contributed by atoms with Crippen LogP contribution in [0.2, 0.25) is 0 Å². The first kappa shape index (κ1) is 16.0. The van der Waals surface area contributed by atoms with E-state index in [2.05, 4.69) is 0 Å². The van der Waals surface area contributed by atoms with E-state index in [1.54, 1.807) is 0 Å². The van der Waals surface area contributed by atoms with Gasteiger partial charge in [-0.25, -0.2) is 4.79 Å². The maximum absolute atomic E-state index is 14.1. The van der Waals surface area contributed by atoms with Crippen molar-refractivity contribution in [2.45, 2.75) is 12.7 Å². The van der Waals surface area contributed by atoms with Gasteiger partial charge in [0.2, 0.25) is 0 Å². The summed E-state index contributed by atoms with van der Waals surface area (Å²) in [7, 11) is 0. The third-order valence-electron chi connectivity index (χ3n) is 3.61. The van der Waals surface area contributed by atoms with E-state index in [0.29, 0.717) is 4.57 Å². The van der Waals surface area contributed by atoms with Crippen LogP contribution in [-0.2, 0) is 12.7 Å². The number of benzene rings is 2. The smallest absolute Gasteiger partial charge is 0.268 e. The lowest BCUT2D eigenvalue weighted by Crippen LogP contribution is -2.38. The molecule has 4 nitrogen and oxygen atoms in total. The van der Waals surface area contributed by atoms with Crippen LogP contribution >= 0.6 is 0 Å². The maximum atomic E-state index is 14.1. The van der Waals surface area contributed by atoms with Gasteiger partial charge in [0.05, 0.1) is 23.0 Å². The number of rotatable bonds is 2. The summed E-state index contributed by atoms with van der Waals surface area (Å²) in [6.45, 7) is -0.329. The Kier molecular flexibility index (Phi) is 3.75.